The van der Waals surface area contributed by atoms with Crippen molar-refractivity contribution in [3.8, 4) is 0 Å². The Morgan fingerprint density at radius 2 is 2.19 bits per heavy atom. The van der Waals surface area contributed by atoms with Crippen LogP contribution in [0.15, 0.2) is 47.9 Å². The highest BCUT2D eigenvalue weighted by Gasteiger charge is 2.27. The summed E-state index contributed by atoms with van der Waals surface area (Å²) in [6.45, 7) is 8.55. The van der Waals surface area contributed by atoms with Crippen LogP contribution >= 0.6 is 22.9 Å². The van der Waals surface area contributed by atoms with Crippen LogP contribution < -0.4 is 0 Å². The summed E-state index contributed by atoms with van der Waals surface area (Å²) < 4.78 is 0. The molecule has 0 saturated heterocycles. The van der Waals surface area contributed by atoms with Crippen molar-refractivity contribution in [3.63, 3.8) is 0 Å². The number of nitrogens with zero attached hydrogens (tertiary/aromatic N) is 1. The Balaban J connectivity index is 1.94. The van der Waals surface area contributed by atoms with E-state index in [1.807, 2.05) is 23.5 Å². The first-order chi connectivity index (χ1) is 10.2. The summed E-state index contributed by atoms with van der Waals surface area (Å²) in [6.07, 6.45) is 2.10. The van der Waals surface area contributed by atoms with Crippen LogP contribution in [0, 0.1) is 0 Å². The molecule has 110 valence electrons. The Hall–Kier alpha value is -1.09. The monoisotopic (exact) mass is 317 g/mol. The number of halogens is 1. The van der Waals surface area contributed by atoms with Gasteiger partial charge in [0.05, 0.1) is 6.04 Å². The minimum atomic E-state index is 0.219. The van der Waals surface area contributed by atoms with Gasteiger partial charge in [0, 0.05) is 23.0 Å². The Morgan fingerprint density at radius 3 is 2.95 bits per heavy atom. The molecule has 0 radical (unpaired) electrons. The smallest absolute Gasteiger partial charge is 0.0576 e. The molecule has 0 amide bonds. The minimum Gasteiger partial charge on any atom is -0.288 e. The van der Waals surface area contributed by atoms with E-state index in [0.29, 0.717) is 0 Å². The van der Waals surface area contributed by atoms with Gasteiger partial charge in [-0.05, 0) is 41.5 Å². The number of hydrogen-bond acceptors (Lipinski definition) is 2. The zero-order valence-corrected chi connectivity index (χ0v) is 13.9. The second-order valence-electron chi connectivity index (χ2n) is 5.53. The number of benzene rings is 1. The van der Waals surface area contributed by atoms with Crippen molar-refractivity contribution in [2.24, 2.45) is 0 Å². The Kier molecular flexibility index (Phi) is 4.48. The Morgan fingerprint density at radius 1 is 1.38 bits per heavy atom. The van der Waals surface area contributed by atoms with Crippen LogP contribution in [0.2, 0.25) is 5.02 Å². The maximum atomic E-state index is 6.45. The van der Waals surface area contributed by atoms with Gasteiger partial charge in [0.25, 0.3) is 0 Å². The van der Waals surface area contributed by atoms with E-state index in [4.69, 9.17) is 11.6 Å². The first-order valence-electron chi connectivity index (χ1n) is 7.42. The van der Waals surface area contributed by atoms with Crippen LogP contribution in [0.1, 0.15) is 35.4 Å². The molecule has 0 unspecified atom stereocenters. The van der Waals surface area contributed by atoms with Gasteiger partial charge in [-0.15, -0.1) is 11.3 Å². The van der Waals surface area contributed by atoms with Crippen LogP contribution in [0.5, 0.6) is 0 Å². The highest BCUT2D eigenvalue weighted by Crippen LogP contribution is 2.37. The molecule has 1 nitrogen and oxygen atoms in total. The fourth-order valence-electron chi connectivity index (χ4n) is 3.06. The molecule has 2 aromatic rings. The van der Waals surface area contributed by atoms with Crippen molar-refractivity contribution in [1.82, 2.24) is 4.90 Å². The molecule has 0 aliphatic carbocycles. The third kappa shape index (κ3) is 2.94. The van der Waals surface area contributed by atoms with E-state index in [1.54, 1.807) is 0 Å². The van der Waals surface area contributed by atoms with Gasteiger partial charge in [0.1, 0.15) is 0 Å². The summed E-state index contributed by atoms with van der Waals surface area (Å²) in [4.78, 5) is 4.05. The van der Waals surface area contributed by atoms with E-state index in [0.717, 1.165) is 31.0 Å². The van der Waals surface area contributed by atoms with Crippen LogP contribution in [0.4, 0.5) is 0 Å². The summed E-state index contributed by atoms with van der Waals surface area (Å²) in [5, 5.41) is 3.04. The average molecular weight is 318 g/mol. The van der Waals surface area contributed by atoms with Gasteiger partial charge in [-0.25, -0.2) is 0 Å². The number of thiophene rings is 1. The summed E-state index contributed by atoms with van der Waals surface area (Å²) in [6, 6.07) is 10.6. The van der Waals surface area contributed by atoms with Crippen molar-refractivity contribution >= 4 is 22.9 Å². The second-order valence-corrected chi connectivity index (χ2v) is 6.93. The molecule has 0 bridgehead atoms. The van der Waals surface area contributed by atoms with Gasteiger partial charge < -0.3 is 0 Å². The van der Waals surface area contributed by atoms with Crippen molar-refractivity contribution in [2.75, 3.05) is 6.54 Å². The predicted octanol–water partition coefficient (Wildman–Crippen LogP) is 5.47. The lowest BCUT2D eigenvalue weighted by Crippen LogP contribution is -2.34. The lowest BCUT2D eigenvalue weighted by atomic mass is 9.94. The van der Waals surface area contributed by atoms with Crippen LogP contribution in [-0.4, -0.2) is 11.4 Å². The molecule has 1 aromatic carbocycles. The third-order valence-corrected chi connectivity index (χ3v) is 5.61. The molecule has 0 fully saturated rings. The molecular weight excluding hydrogens is 298 g/mol. The maximum absolute atomic E-state index is 6.45. The van der Waals surface area contributed by atoms with E-state index in [9.17, 15) is 0 Å². The van der Waals surface area contributed by atoms with E-state index >= 15 is 0 Å². The standard InChI is InChI=1S/C18H20ClNS/c1-3-13(2)18(15-6-4-5-7-16(15)19)20-10-8-17-14(12-20)9-11-21-17/h4-7,9,11,18H,2-3,8,10,12H2,1H3/t18-/m1/s1. The molecule has 1 atom stereocenters. The van der Waals surface area contributed by atoms with Gasteiger partial charge in [-0.1, -0.05) is 48.9 Å². The maximum Gasteiger partial charge on any atom is 0.0576 e. The van der Waals surface area contributed by atoms with Crippen molar-refractivity contribution in [1.29, 1.82) is 0 Å². The van der Waals surface area contributed by atoms with E-state index in [1.165, 1.54) is 21.6 Å². The van der Waals surface area contributed by atoms with Crippen LogP contribution in [0.25, 0.3) is 0 Å². The van der Waals surface area contributed by atoms with Crippen LogP contribution in [0.3, 0.4) is 0 Å². The first kappa shape index (κ1) is 14.8. The predicted molar refractivity (Wildman–Crippen MR) is 92.1 cm³/mol. The molecule has 0 saturated carbocycles. The average Bonchev–Trinajstić information content (AvgIpc) is 2.97. The molecule has 0 spiro atoms. The van der Waals surface area contributed by atoms with Gasteiger partial charge in [0.2, 0.25) is 0 Å². The number of hydrogen-bond donors (Lipinski definition) is 0. The van der Waals surface area contributed by atoms with Gasteiger partial charge in [-0.2, -0.15) is 0 Å². The third-order valence-electron chi connectivity index (χ3n) is 4.24. The largest absolute Gasteiger partial charge is 0.288 e. The number of fused-ring (bicyclic) bond motifs is 1. The fourth-order valence-corrected chi connectivity index (χ4v) is 4.18. The highest BCUT2D eigenvalue weighted by atomic mass is 35.5. The van der Waals surface area contributed by atoms with Gasteiger partial charge >= 0.3 is 0 Å². The van der Waals surface area contributed by atoms with Crippen LogP contribution in [-0.2, 0) is 13.0 Å². The molecule has 1 aromatic heterocycles. The van der Waals surface area contributed by atoms with Crippen molar-refractivity contribution in [2.45, 2.75) is 32.4 Å². The minimum absolute atomic E-state index is 0.219. The van der Waals surface area contributed by atoms with Gasteiger partial charge in [-0.3, -0.25) is 4.90 Å². The molecule has 1 aliphatic rings. The Labute approximate surface area is 135 Å². The summed E-state index contributed by atoms with van der Waals surface area (Å²) in [7, 11) is 0. The second kappa shape index (κ2) is 6.35. The summed E-state index contributed by atoms with van der Waals surface area (Å²) in [5.41, 5.74) is 3.89. The fraction of sp³-hybridized carbons (Fsp3) is 0.333. The summed E-state index contributed by atoms with van der Waals surface area (Å²) >= 11 is 8.33. The summed E-state index contributed by atoms with van der Waals surface area (Å²) in [5.74, 6) is 0. The van der Waals surface area contributed by atoms with Crippen molar-refractivity contribution in [3.05, 3.63) is 68.9 Å². The molecule has 3 rings (SSSR count). The van der Waals surface area contributed by atoms with E-state index in [-0.39, 0.29) is 6.04 Å². The molecule has 0 N–H and O–H groups in total. The van der Waals surface area contributed by atoms with E-state index in [2.05, 4.69) is 42.0 Å². The topological polar surface area (TPSA) is 3.24 Å². The normalized spacial score (nSPS) is 16.5. The highest BCUT2D eigenvalue weighted by molar-refractivity contribution is 7.10. The molecule has 1 aliphatic heterocycles. The zero-order valence-electron chi connectivity index (χ0n) is 12.3. The molecular formula is C18H20ClNS. The van der Waals surface area contributed by atoms with Gasteiger partial charge in [0.15, 0.2) is 0 Å². The van der Waals surface area contributed by atoms with Crippen molar-refractivity contribution < 1.29 is 0 Å². The first-order valence-corrected chi connectivity index (χ1v) is 8.68. The molecule has 21 heavy (non-hydrogen) atoms. The SMILES string of the molecule is C=C(CC)[C@H](c1ccccc1Cl)N1CCc2sccc2C1. The quantitative estimate of drug-likeness (QED) is 0.676. The molecule has 2 heterocycles. The molecule has 3 heteroatoms. The zero-order chi connectivity index (χ0) is 14.8. The Bertz CT molecular complexity index is 646. The lowest BCUT2D eigenvalue weighted by molar-refractivity contribution is 0.203. The van der Waals surface area contributed by atoms with E-state index < -0.39 is 0 Å². The lowest BCUT2D eigenvalue weighted by Gasteiger charge is -2.36. The number of rotatable bonds is 4.